The van der Waals surface area contributed by atoms with Crippen LogP contribution in [0.15, 0.2) is 78.9 Å². The first-order valence-corrected chi connectivity index (χ1v) is 10.5. The van der Waals surface area contributed by atoms with E-state index in [1.54, 1.807) is 12.1 Å². The SMILES string of the molecule is CC(NC(=O)CCc1nc2ccccc2n1-c1ccccc1)c1ccc(NC(N)=O)cc1. The van der Waals surface area contributed by atoms with Crippen molar-refractivity contribution in [3.8, 4) is 5.69 Å². The highest BCUT2D eigenvalue weighted by Gasteiger charge is 2.15. The summed E-state index contributed by atoms with van der Waals surface area (Å²) in [5.74, 6) is 0.797. The lowest BCUT2D eigenvalue weighted by Crippen LogP contribution is -2.27. The van der Waals surface area contributed by atoms with Crippen molar-refractivity contribution in [3.05, 3.63) is 90.3 Å². The number of fused-ring (bicyclic) bond motifs is 1. The van der Waals surface area contributed by atoms with Gasteiger partial charge in [0.2, 0.25) is 5.91 Å². The van der Waals surface area contributed by atoms with E-state index >= 15 is 0 Å². The van der Waals surface area contributed by atoms with E-state index < -0.39 is 6.03 Å². The summed E-state index contributed by atoms with van der Waals surface area (Å²) >= 11 is 0. The lowest BCUT2D eigenvalue weighted by molar-refractivity contribution is -0.121. The molecule has 32 heavy (non-hydrogen) atoms. The monoisotopic (exact) mass is 427 g/mol. The molecule has 4 rings (SSSR count). The highest BCUT2D eigenvalue weighted by Crippen LogP contribution is 2.22. The Balaban J connectivity index is 1.45. The molecule has 3 amide bonds. The summed E-state index contributed by atoms with van der Waals surface area (Å²) in [5.41, 5.74) is 9.62. The first-order chi connectivity index (χ1) is 15.5. The number of imidazole rings is 1. The number of hydrogen-bond acceptors (Lipinski definition) is 3. The predicted octanol–water partition coefficient (Wildman–Crippen LogP) is 4.33. The average Bonchev–Trinajstić information content (AvgIpc) is 3.17. The van der Waals surface area contributed by atoms with Gasteiger partial charge in [-0.3, -0.25) is 9.36 Å². The maximum atomic E-state index is 12.7. The molecule has 0 spiro atoms. The molecule has 4 aromatic rings. The number of carbonyl (C=O) groups excluding carboxylic acids is 2. The number of rotatable bonds is 7. The zero-order chi connectivity index (χ0) is 22.5. The Labute approximate surface area is 186 Å². The van der Waals surface area contributed by atoms with E-state index in [-0.39, 0.29) is 11.9 Å². The van der Waals surface area contributed by atoms with Gasteiger partial charge in [0, 0.05) is 24.2 Å². The summed E-state index contributed by atoms with van der Waals surface area (Å²) in [6.07, 6.45) is 0.839. The number of benzene rings is 3. The Bertz CT molecular complexity index is 1230. The second kappa shape index (κ2) is 9.34. The van der Waals surface area contributed by atoms with E-state index in [4.69, 9.17) is 10.7 Å². The molecular formula is C25H25N5O2. The number of nitrogens with two attached hydrogens (primary N) is 1. The number of primary amides is 1. The molecule has 1 heterocycles. The van der Waals surface area contributed by atoms with Crippen LogP contribution >= 0.6 is 0 Å². The number of hydrogen-bond donors (Lipinski definition) is 3. The summed E-state index contributed by atoms with van der Waals surface area (Å²) in [6.45, 7) is 1.92. The van der Waals surface area contributed by atoms with E-state index in [1.165, 1.54) is 0 Å². The van der Waals surface area contributed by atoms with Gasteiger partial charge in [0.15, 0.2) is 0 Å². The van der Waals surface area contributed by atoms with Crippen molar-refractivity contribution in [2.75, 3.05) is 5.32 Å². The molecule has 0 fully saturated rings. The molecule has 3 aromatic carbocycles. The number of carbonyl (C=O) groups is 2. The average molecular weight is 428 g/mol. The van der Waals surface area contributed by atoms with Gasteiger partial charge in [-0.25, -0.2) is 9.78 Å². The predicted molar refractivity (Wildman–Crippen MR) is 126 cm³/mol. The van der Waals surface area contributed by atoms with Gasteiger partial charge in [0.1, 0.15) is 5.82 Å². The second-order valence-electron chi connectivity index (χ2n) is 7.59. The number of urea groups is 1. The van der Waals surface area contributed by atoms with Crippen molar-refractivity contribution in [2.24, 2.45) is 5.73 Å². The van der Waals surface area contributed by atoms with Gasteiger partial charge in [-0.15, -0.1) is 0 Å². The third-order valence-electron chi connectivity index (χ3n) is 5.28. The second-order valence-corrected chi connectivity index (χ2v) is 7.59. The van der Waals surface area contributed by atoms with Crippen LogP contribution in [0.2, 0.25) is 0 Å². The van der Waals surface area contributed by atoms with Gasteiger partial charge >= 0.3 is 6.03 Å². The van der Waals surface area contributed by atoms with E-state index in [2.05, 4.69) is 15.2 Å². The quantitative estimate of drug-likeness (QED) is 0.409. The zero-order valence-electron chi connectivity index (χ0n) is 17.8. The van der Waals surface area contributed by atoms with Gasteiger partial charge in [0.05, 0.1) is 17.1 Å². The van der Waals surface area contributed by atoms with Gasteiger partial charge < -0.3 is 16.4 Å². The number of aryl methyl sites for hydroxylation is 1. The maximum Gasteiger partial charge on any atom is 0.316 e. The Hall–Kier alpha value is -4.13. The summed E-state index contributed by atoms with van der Waals surface area (Å²) in [7, 11) is 0. The number of nitrogens with zero attached hydrogens (tertiary/aromatic N) is 2. The third kappa shape index (κ3) is 4.78. The van der Waals surface area contributed by atoms with Crippen molar-refractivity contribution in [1.82, 2.24) is 14.9 Å². The molecule has 4 N–H and O–H groups in total. The van der Waals surface area contributed by atoms with Crippen molar-refractivity contribution >= 4 is 28.7 Å². The first-order valence-electron chi connectivity index (χ1n) is 10.5. The Morgan fingerprint density at radius 3 is 2.38 bits per heavy atom. The van der Waals surface area contributed by atoms with Gasteiger partial charge in [0.25, 0.3) is 0 Å². The molecule has 0 radical (unpaired) electrons. The maximum absolute atomic E-state index is 12.7. The van der Waals surface area contributed by atoms with Crippen molar-refractivity contribution in [3.63, 3.8) is 0 Å². The fraction of sp³-hybridized carbons (Fsp3) is 0.160. The summed E-state index contributed by atoms with van der Waals surface area (Å²) in [4.78, 5) is 28.4. The first kappa shape index (κ1) is 21.1. The van der Waals surface area contributed by atoms with E-state index in [1.807, 2.05) is 73.7 Å². The van der Waals surface area contributed by atoms with Crippen LogP contribution in [0.1, 0.15) is 30.8 Å². The Morgan fingerprint density at radius 2 is 1.66 bits per heavy atom. The molecule has 0 bridgehead atoms. The molecule has 7 heteroatoms. The van der Waals surface area contributed by atoms with Crippen molar-refractivity contribution < 1.29 is 9.59 Å². The Morgan fingerprint density at radius 1 is 0.969 bits per heavy atom. The highest BCUT2D eigenvalue weighted by molar-refractivity contribution is 5.87. The lowest BCUT2D eigenvalue weighted by atomic mass is 10.1. The van der Waals surface area contributed by atoms with Gasteiger partial charge in [-0.1, -0.05) is 42.5 Å². The molecule has 1 unspecified atom stereocenters. The van der Waals surface area contributed by atoms with Crippen molar-refractivity contribution in [1.29, 1.82) is 0 Å². The van der Waals surface area contributed by atoms with E-state index in [9.17, 15) is 9.59 Å². The zero-order valence-corrected chi connectivity index (χ0v) is 17.8. The topological polar surface area (TPSA) is 102 Å². The minimum absolute atomic E-state index is 0.0523. The fourth-order valence-corrected chi connectivity index (χ4v) is 3.73. The van der Waals surface area contributed by atoms with Gasteiger partial charge in [-0.2, -0.15) is 0 Å². The van der Waals surface area contributed by atoms with Crippen LogP contribution < -0.4 is 16.4 Å². The number of para-hydroxylation sites is 3. The molecule has 162 valence electrons. The largest absolute Gasteiger partial charge is 0.351 e. The summed E-state index contributed by atoms with van der Waals surface area (Å²) in [5, 5.41) is 5.55. The number of aromatic nitrogens is 2. The number of nitrogens with one attached hydrogen (secondary N) is 2. The summed E-state index contributed by atoms with van der Waals surface area (Å²) in [6, 6.07) is 24.5. The molecule has 0 saturated heterocycles. The van der Waals surface area contributed by atoms with Crippen LogP contribution in [0.3, 0.4) is 0 Å². The van der Waals surface area contributed by atoms with Crippen LogP contribution in [0.5, 0.6) is 0 Å². The van der Waals surface area contributed by atoms with Crippen LogP contribution in [-0.4, -0.2) is 21.5 Å². The van der Waals surface area contributed by atoms with Gasteiger partial charge in [-0.05, 0) is 48.9 Å². The Kier molecular flexibility index (Phi) is 6.17. The molecule has 1 atom stereocenters. The molecular weight excluding hydrogens is 402 g/mol. The standard InChI is InChI=1S/C25H25N5O2/c1-17(18-11-13-19(14-12-18)28-25(26)32)27-24(31)16-15-23-29-21-9-5-6-10-22(21)30(23)20-7-3-2-4-8-20/h2-14,17H,15-16H2,1H3,(H,27,31)(H3,26,28,32). The third-order valence-corrected chi connectivity index (χ3v) is 5.28. The molecule has 7 nitrogen and oxygen atoms in total. The van der Waals surface area contributed by atoms with E-state index in [0.29, 0.717) is 18.5 Å². The summed E-state index contributed by atoms with van der Waals surface area (Å²) < 4.78 is 2.11. The highest BCUT2D eigenvalue weighted by atomic mass is 16.2. The van der Waals surface area contributed by atoms with Crippen LogP contribution in [0.4, 0.5) is 10.5 Å². The molecule has 1 aromatic heterocycles. The van der Waals surface area contributed by atoms with Crippen LogP contribution in [-0.2, 0) is 11.2 Å². The fourth-order valence-electron chi connectivity index (χ4n) is 3.73. The lowest BCUT2D eigenvalue weighted by Gasteiger charge is -2.15. The van der Waals surface area contributed by atoms with Crippen LogP contribution in [0, 0.1) is 0 Å². The van der Waals surface area contributed by atoms with E-state index in [0.717, 1.165) is 28.1 Å². The van der Waals surface area contributed by atoms with Crippen LogP contribution in [0.25, 0.3) is 16.7 Å². The normalized spacial score (nSPS) is 11.8. The smallest absolute Gasteiger partial charge is 0.316 e. The minimum atomic E-state index is -0.611. The molecule has 0 aliphatic carbocycles. The van der Waals surface area contributed by atoms with Crippen molar-refractivity contribution in [2.45, 2.75) is 25.8 Å². The molecule has 0 aliphatic heterocycles. The number of anilines is 1. The molecule has 0 saturated carbocycles. The minimum Gasteiger partial charge on any atom is -0.351 e. The molecule has 0 aliphatic rings. The number of amides is 3.